The quantitative estimate of drug-likeness (QED) is 0.687. The van der Waals surface area contributed by atoms with Gasteiger partial charge in [-0.2, -0.15) is 0 Å². The van der Waals surface area contributed by atoms with E-state index in [0.717, 1.165) is 37.2 Å². The minimum absolute atomic E-state index is 0.0644. The van der Waals surface area contributed by atoms with Crippen LogP contribution in [0.25, 0.3) is 0 Å². The molecule has 0 saturated carbocycles. The second-order valence-electron chi connectivity index (χ2n) is 4.58. The fourth-order valence-corrected chi connectivity index (χ4v) is 1.99. The van der Waals surface area contributed by atoms with Crippen molar-refractivity contribution in [2.75, 3.05) is 25.5 Å². The van der Waals surface area contributed by atoms with Crippen molar-refractivity contribution in [3.8, 4) is 5.75 Å². The zero-order valence-corrected chi connectivity index (χ0v) is 12.9. The molecular formula is C15H23ClN2O2. The summed E-state index contributed by atoms with van der Waals surface area (Å²) in [5.74, 6) is 0.785. The number of carbonyl (C=O) groups excluding carboxylic acids is 1. The fourth-order valence-electron chi connectivity index (χ4n) is 1.82. The van der Waals surface area contributed by atoms with Gasteiger partial charge in [-0.1, -0.05) is 31.4 Å². The number of hydrogen-bond acceptors (Lipinski definition) is 3. The molecule has 1 amide bonds. The third-order valence-electron chi connectivity index (χ3n) is 2.93. The van der Waals surface area contributed by atoms with Gasteiger partial charge in [-0.05, 0) is 24.6 Å². The van der Waals surface area contributed by atoms with Crippen molar-refractivity contribution in [3.63, 3.8) is 0 Å². The number of halogens is 1. The maximum absolute atomic E-state index is 11.6. The predicted octanol–water partition coefficient (Wildman–Crippen LogP) is 3.46. The molecule has 0 aliphatic heterocycles. The second kappa shape index (κ2) is 9.48. The van der Waals surface area contributed by atoms with E-state index in [1.165, 1.54) is 0 Å². The molecule has 20 heavy (non-hydrogen) atoms. The lowest BCUT2D eigenvalue weighted by atomic mass is 10.2. The second-order valence-corrected chi connectivity index (χ2v) is 5.01. The molecule has 0 atom stereocenters. The van der Waals surface area contributed by atoms with Gasteiger partial charge in [-0.3, -0.25) is 4.79 Å². The van der Waals surface area contributed by atoms with Crippen LogP contribution in [-0.2, 0) is 4.79 Å². The average Bonchev–Trinajstić information content (AvgIpc) is 2.44. The maximum Gasteiger partial charge on any atom is 0.221 e. The van der Waals surface area contributed by atoms with E-state index in [2.05, 4.69) is 17.6 Å². The normalized spacial score (nSPS) is 10.2. The lowest BCUT2D eigenvalue weighted by Crippen LogP contribution is -2.26. The van der Waals surface area contributed by atoms with Crippen molar-refractivity contribution < 1.29 is 9.53 Å². The van der Waals surface area contributed by atoms with Crippen LogP contribution >= 0.6 is 11.6 Å². The minimum atomic E-state index is 0.0644. The van der Waals surface area contributed by atoms with E-state index in [1.807, 2.05) is 0 Å². The number of ether oxygens (including phenoxy) is 1. The first-order chi connectivity index (χ1) is 9.67. The molecule has 1 aromatic rings. The van der Waals surface area contributed by atoms with Crippen LogP contribution in [0.2, 0.25) is 5.02 Å². The van der Waals surface area contributed by atoms with Gasteiger partial charge in [0, 0.05) is 24.5 Å². The Balaban J connectivity index is 2.29. The molecule has 0 spiro atoms. The summed E-state index contributed by atoms with van der Waals surface area (Å²) >= 11 is 5.94. The third kappa shape index (κ3) is 6.15. The van der Waals surface area contributed by atoms with Gasteiger partial charge in [0.05, 0.1) is 12.8 Å². The lowest BCUT2D eigenvalue weighted by molar-refractivity contribution is -0.120. The number of unbranched alkanes of at least 4 members (excludes halogenated alkanes) is 2. The van der Waals surface area contributed by atoms with Crippen molar-refractivity contribution in [2.45, 2.75) is 32.6 Å². The summed E-state index contributed by atoms with van der Waals surface area (Å²) in [5, 5.41) is 6.71. The van der Waals surface area contributed by atoms with Crippen molar-refractivity contribution in [3.05, 3.63) is 23.2 Å². The Kier molecular flexibility index (Phi) is 7.88. The smallest absolute Gasteiger partial charge is 0.221 e. The van der Waals surface area contributed by atoms with E-state index in [4.69, 9.17) is 16.3 Å². The van der Waals surface area contributed by atoms with Crippen LogP contribution in [0, 0.1) is 0 Å². The molecule has 0 saturated heterocycles. The molecule has 0 aliphatic carbocycles. The van der Waals surface area contributed by atoms with E-state index in [-0.39, 0.29) is 5.91 Å². The van der Waals surface area contributed by atoms with Gasteiger partial charge in [0.25, 0.3) is 0 Å². The van der Waals surface area contributed by atoms with Crippen molar-refractivity contribution >= 4 is 23.2 Å². The number of benzene rings is 1. The molecule has 0 unspecified atom stereocenters. The lowest BCUT2D eigenvalue weighted by Gasteiger charge is -2.11. The van der Waals surface area contributed by atoms with Crippen LogP contribution < -0.4 is 15.4 Å². The summed E-state index contributed by atoms with van der Waals surface area (Å²) in [6.45, 7) is 3.45. The Morgan fingerprint density at radius 1 is 1.30 bits per heavy atom. The zero-order chi connectivity index (χ0) is 14.8. The Bertz CT molecular complexity index is 424. The number of hydrogen-bond donors (Lipinski definition) is 2. The van der Waals surface area contributed by atoms with Gasteiger partial charge in [-0.15, -0.1) is 0 Å². The summed E-state index contributed by atoms with van der Waals surface area (Å²) in [7, 11) is 1.61. The summed E-state index contributed by atoms with van der Waals surface area (Å²) in [5.41, 5.74) is 0.804. The summed E-state index contributed by atoms with van der Waals surface area (Å²) in [6.07, 6.45) is 3.78. The molecular weight excluding hydrogens is 276 g/mol. The van der Waals surface area contributed by atoms with Crippen LogP contribution in [0.1, 0.15) is 32.6 Å². The highest BCUT2D eigenvalue weighted by atomic mass is 35.5. The fraction of sp³-hybridized carbons (Fsp3) is 0.533. The van der Waals surface area contributed by atoms with E-state index >= 15 is 0 Å². The monoisotopic (exact) mass is 298 g/mol. The Morgan fingerprint density at radius 2 is 2.10 bits per heavy atom. The predicted molar refractivity (Wildman–Crippen MR) is 83.6 cm³/mol. The number of anilines is 1. The number of carbonyl (C=O) groups is 1. The first-order valence-corrected chi connectivity index (χ1v) is 7.39. The molecule has 0 bridgehead atoms. The molecule has 112 valence electrons. The number of nitrogens with one attached hydrogen (secondary N) is 2. The summed E-state index contributed by atoms with van der Waals surface area (Å²) in [4.78, 5) is 11.6. The number of rotatable bonds is 9. The topological polar surface area (TPSA) is 50.4 Å². The molecule has 0 heterocycles. The van der Waals surface area contributed by atoms with Crippen LogP contribution in [0.15, 0.2) is 18.2 Å². The van der Waals surface area contributed by atoms with E-state index < -0.39 is 0 Å². The molecule has 0 aromatic heterocycles. The first-order valence-electron chi connectivity index (χ1n) is 7.01. The van der Waals surface area contributed by atoms with Gasteiger partial charge in [-0.25, -0.2) is 0 Å². The van der Waals surface area contributed by atoms with Gasteiger partial charge < -0.3 is 15.4 Å². The molecule has 5 heteroatoms. The van der Waals surface area contributed by atoms with E-state index in [1.54, 1.807) is 25.3 Å². The Labute approximate surface area is 125 Å². The summed E-state index contributed by atoms with van der Waals surface area (Å²) < 4.78 is 5.23. The Hall–Kier alpha value is -1.42. The summed E-state index contributed by atoms with van der Waals surface area (Å²) in [6, 6.07) is 5.36. The van der Waals surface area contributed by atoms with Crippen LogP contribution in [0.4, 0.5) is 5.69 Å². The Morgan fingerprint density at radius 3 is 2.80 bits per heavy atom. The SMILES string of the molecule is CCCCCNC(=O)CCNc1cc(Cl)ccc1OC. The standard InChI is InChI=1S/C15H23ClN2O2/c1-3-4-5-9-18-15(19)8-10-17-13-11-12(16)6-7-14(13)20-2/h6-7,11,17H,3-5,8-10H2,1-2H3,(H,18,19). The van der Waals surface area contributed by atoms with Gasteiger partial charge in [0.1, 0.15) is 5.75 Å². The van der Waals surface area contributed by atoms with Crippen molar-refractivity contribution in [1.29, 1.82) is 0 Å². The maximum atomic E-state index is 11.6. The minimum Gasteiger partial charge on any atom is -0.495 e. The van der Waals surface area contributed by atoms with E-state index in [9.17, 15) is 4.79 Å². The molecule has 1 rings (SSSR count). The number of methoxy groups -OCH3 is 1. The molecule has 0 radical (unpaired) electrons. The van der Waals surface area contributed by atoms with Gasteiger partial charge in [0.15, 0.2) is 0 Å². The highest BCUT2D eigenvalue weighted by molar-refractivity contribution is 6.30. The zero-order valence-electron chi connectivity index (χ0n) is 12.2. The van der Waals surface area contributed by atoms with Crippen molar-refractivity contribution in [1.82, 2.24) is 5.32 Å². The molecule has 0 fully saturated rings. The van der Waals surface area contributed by atoms with Crippen LogP contribution in [-0.4, -0.2) is 26.1 Å². The van der Waals surface area contributed by atoms with Crippen LogP contribution in [0.3, 0.4) is 0 Å². The highest BCUT2D eigenvalue weighted by Crippen LogP contribution is 2.27. The molecule has 0 aliphatic rings. The van der Waals surface area contributed by atoms with Gasteiger partial charge >= 0.3 is 0 Å². The molecule has 2 N–H and O–H groups in total. The molecule has 4 nitrogen and oxygen atoms in total. The van der Waals surface area contributed by atoms with Crippen LogP contribution in [0.5, 0.6) is 5.75 Å². The molecule has 1 aromatic carbocycles. The van der Waals surface area contributed by atoms with Gasteiger partial charge in [0.2, 0.25) is 5.91 Å². The third-order valence-corrected chi connectivity index (χ3v) is 3.17. The first kappa shape index (κ1) is 16.6. The van der Waals surface area contributed by atoms with Crippen molar-refractivity contribution in [2.24, 2.45) is 0 Å². The average molecular weight is 299 g/mol. The number of amides is 1. The highest BCUT2D eigenvalue weighted by Gasteiger charge is 2.05. The largest absolute Gasteiger partial charge is 0.495 e. The van der Waals surface area contributed by atoms with E-state index in [0.29, 0.717) is 18.0 Å².